The minimum atomic E-state index is 1.09. The van der Waals surface area contributed by atoms with E-state index >= 15 is 0 Å². The number of allylic oxidation sites excluding steroid dienone is 1. The Morgan fingerprint density at radius 2 is 1.62 bits per heavy atom. The molecule has 0 aliphatic rings. The van der Waals surface area contributed by atoms with Gasteiger partial charge in [0.15, 0.2) is 0 Å². The number of hydrogen-bond donors (Lipinski definition) is 1. The maximum atomic E-state index is 4.03. The lowest BCUT2D eigenvalue weighted by Gasteiger charge is -2.02. The topological polar surface area (TPSA) is 27.6 Å². The van der Waals surface area contributed by atoms with Crippen LogP contribution >= 0.6 is 0 Å². The molecule has 0 atom stereocenters. The molecule has 0 aliphatic heterocycles. The van der Waals surface area contributed by atoms with E-state index in [1.54, 1.807) is 5.01 Å². The summed E-state index contributed by atoms with van der Waals surface area (Å²) in [6.07, 6.45) is 1.96. The highest BCUT2D eigenvalue weighted by Gasteiger charge is 1.76. The number of hydrazone groups is 1. The Bertz CT molecular complexity index is 161. The zero-order chi connectivity index (χ0) is 10.9. The summed E-state index contributed by atoms with van der Waals surface area (Å²) in [5.41, 5.74) is 2.39. The van der Waals surface area contributed by atoms with E-state index in [-0.39, 0.29) is 0 Å². The third-order valence-electron chi connectivity index (χ3n) is 0.833. The molecule has 0 bridgehead atoms. The third kappa shape index (κ3) is 24.7. The Labute approximate surface area is 82.5 Å². The summed E-state index contributed by atoms with van der Waals surface area (Å²) in [5, 5.41) is 8.72. The summed E-state index contributed by atoms with van der Waals surface area (Å²) in [4.78, 5) is 0. The van der Waals surface area contributed by atoms with Gasteiger partial charge in [0.1, 0.15) is 0 Å². The summed E-state index contributed by atoms with van der Waals surface area (Å²) in [6, 6.07) is 0. The standard InChI is InChI=1S/C5H12N2.C5H11N/c1-5(2)6-7(3)4;1-5(2)4-6-3/h1-4H3;4,6H,1-3H3. The van der Waals surface area contributed by atoms with E-state index in [0.717, 1.165) is 5.71 Å². The van der Waals surface area contributed by atoms with Crippen LogP contribution in [0.3, 0.4) is 0 Å². The fourth-order valence-corrected chi connectivity index (χ4v) is 0.689. The van der Waals surface area contributed by atoms with Gasteiger partial charge < -0.3 is 10.3 Å². The molecular formula is C10H23N3. The Morgan fingerprint density at radius 3 is 1.62 bits per heavy atom. The Hall–Kier alpha value is -0.990. The Balaban J connectivity index is 0. The molecule has 0 fully saturated rings. The lowest BCUT2D eigenvalue weighted by atomic mass is 10.4. The molecule has 0 aliphatic carbocycles. The highest BCUT2D eigenvalue weighted by molar-refractivity contribution is 5.78. The molecule has 0 heterocycles. The first-order chi connectivity index (χ1) is 5.90. The van der Waals surface area contributed by atoms with Crippen molar-refractivity contribution in [3.63, 3.8) is 0 Å². The average molecular weight is 185 g/mol. The van der Waals surface area contributed by atoms with Crippen LogP contribution in [0.1, 0.15) is 27.7 Å². The molecule has 0 amide bonds. The van der Waals surface area contributed by atoms with Crippen molar-refractivity contribution in [3.8, 4) is 0 Å². The van der Waals surface area contributed by atoms with Crippen molar-refractivity contribution >= 4 is 5.71 Å². The molecule has 0 aromatic carbocycles. The van der Waals surface area contributed by atoms with Gasteiger partial charge in [-0.3, -0.25) is 0 Å². The monoisotopic (exact) mass is 185 g/mol. The van der Waals surface area contributed by atoms with Crippen LogP contribution in [0.25, 0.3) is 0 Å². The molecular weight excluding hydrogens is 162 g/mol. The lowest BCUT2D eigenvalue weighted by Crippen LogP contribution is -2.03. The van der Waals surface area contributed by atoms with Crippen molar-refractivity contribution < 1.29 is 0 Å². The fourth-order valence-electron chi connectivity index (χ4n) is 0.689. The maximum Gasteiger partial charge on any atom is 0.0318 e. The van der Waals surface area contributed by atoms with E-state index < -0.39 is 0 Å². The summed E-state index contributed by atoms with van der Waals surface area (Å²) in [6.45, 7) is 8.05. The molecule has 0 unspecified atom stereocenters. The molecule has 0 spiro atoms. The zero-order valence-electron chi connectivity index (χ0n) is 9.97. The molecule has 3 nitrogen and oxygen atoms in total. The lowest BCUT2D eigenvalue weighted by molar-refractivity contribution is 0.437. The Kier molecular flexibility index (Phi) is 10.2. The smallest absolute Gasteiger partial charge is 0.0318 e. The van der Waals surface area contributed by atoms with Crippen LogP contribution in [0.2, 0.25) is 0 Å². The van der Waals surface area contributed by atoms with E-state index in [0.29, 0.717) is 0 Å². The van der Waals surface area contributed by atoms with Gasteiger partial charge in [-0.25, -0.2) is 0 Å². The van der Waals surface area contributed by atoms with Crippen LogP contribution in [0, 0.1) is 0 Å². The minimum Gasteiger partial charge on any atom is -0.394 e. The van der Waals surface area contributed by atoms with Gasteiger partial charge in [0, 0.05) is 26.9 Å². The molecule has 1 N–H and O–H groups in total. The molecule has 13 heavy (non-hydrogen) atoms. The third-order valence-corrected chi connectivity index (χ3v) is 0.833. The predicted molar refractivity (Wildman–Crippen MR) is 61.0 cm³/mol. The number of hydrogen-bond acceptors (Lipinski definition) is 3. The van der Waals surface area contributed by atoms with Gasteiger partial charge in [0.2, 0.25) is 0 Å². The second-order valence-electron chi connectivity index (χ2n) is 3.40. The van der Waals surface area contributed by atoms with Crippen molar-refractivity contribution in [1.82, 2.24) is 10.3 Å². The summed E-state index contributed by atoms with van der Waals surface area (Å²) in [5.74, 6) is 0. The quantitative estimate of drug-likeness (QED) is 0.527. The van der Waals surface area contributed by atoms with Crippen molar-refractivity contribution in [2.75, 3.05) is 21.1 Å². The SMILES string of the molecule is CC(C)=NN(C)C.CNC=C(C)C. The highest BCUT2D eigenvalue weighted by atomic mass is 15.4. The van der Waals surface area contributed by atoms with Crippen molar-refractivity contribution in [3.05, 3.63) is 11.8 Å². The van der Waals surface area contributed by atoms with E-state index in [4.69, 9.17) is 0 Å². The normalized spacial score (nSPS) is 7.62. The number of rotatable bonds is 2. The van der Waals surface area contributed by atoms with E-state index in [1.165, 1.54) is 5.57 Å². The van der Waals surface area contributed by atoms with Gasteiger partial charge in [-0.2, -0.15) is 5.10 Å². The van der Waals surface area contributed by atoms with Gasteiger partial charge in [-0.1, -0.05) is 5.57 Å². The molecule has 0 radical (unpaired) electrons. The van der Waals surface area contributed by atoms with Gasteiger partial charge in [0.05, 0.1) is 0 Å². The van der Waals surface area contributed by atoms with Crippen molar-refractivity contribution in [2.45, 2.75) is 27.7 Å². The van der Waals surface area contributed by atoms with E-state index in [9.17, 15) is 0 Å². The van der Waals surface area contributed by atoms with E-state index in [1.807, 2.05) is 41.2 Å². The van der Waals surface area contributed by atoms with Gasteiger partial charge >= 0.3 is 0 Å². The molecule has 0 saturated carbocycles. The van der Waals surface area contributed by atoms with Crippen LogP contribution in [0.5, 0.6) is 0 Å². The van der Waals surface area contributed by atoms with E-state index in [2.05, 4.69) is 24.3 Å². The van der Waals surface area contributed by atoms with Gasteiger partial charge in [-0.05, 0) is 33.9 Å². The minimum absolute atomic E-state index is 1.09. The van der Waals surface area contributed by atoms with Crippen LogP contribution in [0.15, 0.2) is 16.9 Å². The molecule has 3 heteroatoms. The highest BCUT2D eigenvalue weighted by Crippen LogP contribution is 1.80. The summed E-state index contributed by atoms with van der Waals surface area (Å²) < 4.78 is 0. The number of nitrogens with one attached hydrogen (secondary N) is 1. The molecule has 0 aromatic rings. The largest absolute Gasteiger partial charge is 0.394 e. The zero-order valence-corrected chi connectivity index (χ0v) is 9.97. The second-order valence-corrected chi connectivity index (χ2v) is 3.40. The van der Waals surface area contributed by atoms with Crippen LogP contribution in [0.4, 0.5) is 0 Å². The van der Waals surface area contributed by atoms with Crippen molar-refractivity contribution in [1.29, 1.82) is 0 Å². The van der Waals surface area contributed by atoms with Gasteiger partial charge in [-0.15, -0.1) is 0 Å². The first-order valence-corrected chi connectivity index (χ1v) is 4.40. The van der Waals surface area contributed by atoms with Crippen molar-refractivity contribution in [2.24, 2.45) is 5.10 Å². The van der Waals surface area contributed by atoms with Crippen LogP contribution < -0.4 is 5.32 Å². The molecule has 78 valence electrons. The predicted octanol–water partition coefficient (Wildman–Crippen LogP) is 2.07. The van der Waals surface area contributed by atoms with Gasteiger partial charge in [0.25, 0.3) is 0 Å². The molecule has 0 rings (SSSR count). The molecule has 0 saturated heterocycles. The average Bonchev–Trinajstić information content (AvgIpc) is 1.83. The van der Waals surface area contributed by atoms with Crippen LogP contribution in [-0.2, 0) is 0 Å². The van der Waals surface area contributed by atoms with Crippen LogP contribution in [-0.4, -0.2) is 31.9 Å². The summed E-state index contributed by atoms with van der Waals surface area (Å²) in [7, 11) is 5.72. The molecule has 0 aromatic heterocycles. The summed E-state index contributed by atoms with van der Waals surface area (Å²) >= 11 is 0. The fraction of sp³-hybridized carbons (Fsp3) is 0.700. The Morgan fingerprint density at radius 1 is 1.15 bits per heavy atom. The second kappa shape index (κ2) is 9.10. The number of nitrogens with zero attached hydrogens (tertiary/aromatic N) is 2. The first kappa shape index (κ1) is 14.5. The first-order valence-electron chi connectivity index (χ1n) is 4.40. The maximum absolute atomic E-state index is 4.03.